The van der Waals surface area contributed by atoms with Crippen molar-refractivity contribution in [2.75, 3.05) is 25.0 Å². The van der Waals surface area contributed by atoms with Crippen molar-refractivity contribution in [1.82, 2.24) is 4.90 Å². The molecule has 1 amide bonds. The number of carbonyl (C=O) groups excluding carboxylic acids is 2. The molecule has 172 valence electrons. The largest absolute Gasteiger partial charge is 0.466 e. The number of nitrogens with one attached hydrogen (secondary N) is 1. The molecule has 1 aliphatic heterocycles. The number of benzene rings is 1. The smallest absolute Gasteiger partial charge is 0.309 e. The molecule has 32 heavy (non-hydrogen) atoms. The lowest BCUT2D eigenvalue weighted by Gasteiger charge is -2.38. The second-order valence-corrected chi connectivity index (χ2v) is 10.1. The summed E-state index contributed by atoms with van der Waals surface area (Å²) in [6.45, 7) is 5.40. The van der Waals surface area contributed by atoms with Crippen molar-refractivity contribution in [1.29, 1.82) is 0 Å². The standard InChI is InChI=1S/C25H31ClN2O3S/c1-3-31-25(30)17-12-14-28(15-13-17)23(18-8-4-6-10-20(18)26)22-19-9-5-7-11-21(19)32-24(22)27-16(2)29/h4,6,8,10,17,23H,3,5,7,9,11-15H2,1-2H3,(H,27,29)/t23-/m0/s1. The Labute approximate surface area is 199 Å². The minimum absolute atomic E-state index is 0.0493. The van der Waals surface area contributed by atoms with Crippen LogP contribution in [0.15, 0.2) is 24.3 Å². The van der Waals surface area contributed by atoms with Gasteiger partial charge >= 0.3 is 5.97 Å². The predicted molar refractivity (Wildman–Crippen MR) is 129 cm³/mol. The molecular weight excluding hydrogens is 444 g/mol. The number of thiophene rings is 1. The van der Waals surface area contributed by atoms with Crippen molar-refractivity contribution in [3.05, 3.63) is 50.9 Å². The Bertz CT molecular complexity index is 982. The van der Waals surface area contributed by atoms with Crippen molar-refractivity contribution in [3.8, 4) is 0 Å². The molecule has 0 unspecified atom stereocenters. The van der Waals surface area contributed by atoms with Gasteiger partial charge in [0.05, 0.1) is 18.6 Å². The molecule has 4 rings (SSSR count). The molecule has 1 fully saturated rings. The number of amides is 1. The van der Waals surface area contributed by atoms with Crippen LogP contribution in [-0.4, -0.2) is 36.5 Å². The zero-order valence-corrected chi connectivity index (χ0v) is 20.4. The average Bonchev–Trinajstić information content (AvgIpc) is 3.13. The second kappa shape index (κ2) is 10.4. The maximum absolute atomic E-state index is 12.3. The molecule has 7 heteroatoms. The first kappa shape index (κ1) is 23.3. The van der Waals surface area contributed by atoms with E-state index >= 15 is 0 Å². The molecular formula is C25H31ClN2O3S. The van der Waals surface area contributed by atoms with Gasteiger partial charge < -0.3 is 10.1 Å². The third-order valence-corrected chi connectivity index (χ3v) is 8.06. The van der Waals surface area contributed by atoms with Gasteiger partial charge in [-0.25, -0.2) is 0 Å². The Balaban J connectivity index is 1.74. The molecule has 1 atom stereocenters. The van der Waals surface area contributed by atoms with Crippen LogP contribution in [0.1, 0.15) is 67.1 Å². The average molecular weight is 475 g/mol. The SMILES string of the molecule is CCOC(=O)C1CCN([C@@H](c2ccccc2Cl)c2c(NC(C)=O)sc3c2CCCC3)CC1. The van der Waals surface area contributed by atoms with E-state index in [1.54, 1.807) is 18.3 Å². The van der Waals surface area contributed by atoms with Gasteiger partial charge in [-0.05, 0) is 75.7 Å². The number of hydrogen-bond donors (Lipinski definition) is 1. The first-order valence-corrected chi connectivity index (χ1v) is 12.8. The number of rotatable bonds is 6. The highest BCUT2D eigenvalue weighted by Gasteiger charge is 2.36. The highest BCUT2D eigenvalue weighted by Crippen LogP contribution is 2.47. The monoisotopic (exact) mass is 474 g/mol. The lowest BCUT2D eigenvalue weighted by molar-refractivity contribution is -0.149. The minimum Gasteiger partial charge on any atom is -0.466 e. The lowest BCUT2D eigenvalue weighted by atomic mass is 9.87. The van der Waals surface area contributed by atoms with Crippen LogP contribution in [0, 0.1) is 5.92 Å². The molecule has 0 spiro atoms. The molecule has 1 aromatic carbocycles. The van der Waals surface area contributed by atoms with Crippen LogP contribution >= 0.6 is 22.9 Å². The van der Waals surface area contributed by atoms with E-state index in [0.29, 0.717) is 6.61 Å². The number of nitrogens with zero attached hydrogens (tertiary/aromatic N) is 1. The third kappa shape index (κ3) is 4.87. The second-order valence-electron chi connectivity index (χ2n) is 8.62. The molecule has 0 radical (unpaired) electrons. The van der Waals surface area contributed by atoms with Gasteiger partial charge in [-0.15, -0.1) is 11.3 Å². The summed E-state index contributed by atoms with van der Waals surface area (Å²) in [5, 5.41) is 4.80. The van der Waals surface area contributed by atoms with Crippen LogP contribution in [-0.2, 0) is 27.2 Å². The van der Waals surface area contributed by atoms with Gasteiger partial charge in [0.2, 0.25) is 5.91 Å². The number of halogens is 1. The fraction of sp³-hybridized carbons (Fsp3) is 0.520. The Morgan fingerprint density at radius 3 is 2.62 bits per heavy atom. The zero-order chi connectivity index (χ0) is 22.7. The predicted octanol–water partition coefficient (Wildman–Crippen LogP) is 5.60. The van der Waals surface area contributed by atoms with Crippen molar-refractivity contribution in [2.24, 2.45) is 5.92 Å². The Hall–Kier alpha value is -1.89. The van der Waals surface area contributed by atoms with E-state index in [0.717, 1.165) is 60.8 Å². The molecule has 1 aromatic heterocycles. The maximum atomic E-state index is 12.3. The van der Waals surface area contributed by atoms with Crippen LogP contribution in [0.25, 0.3) is 0 Å². The number of aryl methyl sites for hydroxylation is 1. The van der Waals surface area contributed by atoms with Gasteiger partial charge in [0.15, 0.2) is 0 Å². The summed E-state index contributed by atoms with van der Waals surface area (Å²) in [5.41, 5.74) is 3.63. The molecule has 2 heterocycles. The van der Waals surface area contributed by atoms with E-state index < -0.39 is 0 Å². The molecule has 5 nitrogen and oxygen atoms in total. The van der Waals surface area contributed by atoms with Crippen LogP contribution in [0.5, 0.6) is 0 Å². The van der Waals surface area contributed by atoms with E-state index in [1.165, 1.54) is 22.4 Å². The number of carbonyl (C=O) groups is 2. The summed E-state index contributed by atoms with van der Waals surface area (Å²) in [7, 11) is 0. The third-order valence-electron chi connectivity index (χ3n) is 6.49. The van der Waals surface area contributed by atoms with Crippen molar-refractivity contribution >= 4 is 39.8 Å². The Morgan fingerprint density at radius 2 is 1.94 bits per heavy atom. The van der Waals surface area contributed by atoms with Crippen LogP contribution < -0.4 is 5.32 Å². The number of piperidine rings is 1. The molecule has 1 saturated heterocycles. The van der Waals surface area contributed by atoms with Crippen molar-refractivity contribution in [3.63, 3.8) is 0 Å². The van der Waals surface area contributed by atoms with Gasteiger partial charge in [0.1, 0.15) is 5.00 Å². The molecule has 0 bridgehead atoms. The molecule has 2 aromatic rings. The quantitative estimate of drug-likeness (QED) is 0.553. The van der Waals surface area contributed by atoms with E-state index in [9.17, 15) is 9.59 Å². The van der Waals surface area contributed by atoms with Crippen molar-refractivity contribution in [2.45, 2.75) is 58.4 Å². The van der Waals surface area contributed by atoms with Gasteiger partial charge in [0.25, 0.3) is 0 Å². The highest BCUT2D eigenvalue weighted by atomic mass is 35.5. The van der Waals surface area contributed by atoms with Crippen LogP contribution in [0.4, 0.5) is 5.00 Å². The summed E-state index contributed by atoms with van der Waals surface area (Å²) in [4.78, 5) is 28.2. The number of likely N-dealkylation sites (tertiary alicyclic amines) is 1. The van der Waals surface area contributed by atoms with Gasteiger partial charge in [0, 0.05) is 22.4 Å². The first-order chi connectivity index (χ1) is 15.5. The van der Waals surface area contributed by atoms with E-state index in [1.807, 2.05) is 25.1 Å². The Kier molecular flexibility index (Phi) is 7.54. The van der Waals surface area contributed by atoms with Gasteiger partial charge in [-0.3, -0.25) is 14.5 Å². The summed E-state index contributed by atoms with van der Waals surface area (Å²) in [6, 6.07) is 7.96. The maximum Gasteiger partial charge on any atom is 0.309 e. The minimum atomic E-state index is -0.0895. The molecule has 1 N–H and O–H groups in total. The normalized spacial score (nSPS) is 18.1. The van der Waals surface area contributed by atoms with E-state index in [-0.39, 0.29) is 23.8 Å². The summed E-state index contributed by atoms with van der Waals surface area (Å²) < 4.78 is 5.27. The zero-order valence-electron chi connectivity index (χ0n) is 18.8. The number of anilines is 1. The summed E-state index contributed by atoms with van der Waals surface area (Å²) in [6.07, 6.45) is 5.97. The number of fused-ring (bicyclic) bond motifs is 1. The summed E-state index contributed by atoms with van der Waals surface area (Å²) >= 11 is 8.45. The van der Waals surface area contributed by atoms with Crippen LogP contribution in [0.3, 0.4) is 0 Å². The molecule has 2 aliphatic rings. The topological polar surface area (TPSA) is 58.6 Å². The lowest BCUT2D eigenvalue weighted by Crippen LogP contribution is -2.40. The summed E-state index contributed by atoms with van der Waals surface area (Å²) in [5.74, 6) is -0.193. The fourth-order valence-electron chi connectivity index (χ4n) is 5.02. The molecule has 1 aliphatic carbocycles. The van der Waals surface area contributed by atoms with Crippen LogP contribution in [0.2, 0.25) is 5.02 Å². The number of hydrogen-bond acceptors (Lipinski definition) is 5. The first-order valence-electron chi connectivity index (χ1n) is 11.6. The van der Waals surface area contributed by atoms with E-state index in [2.05, 4.69) is 16.3 Å². The van der Waals surface area contributed by atoms with E-state index in [4.69, 9.17) is 16.3 Å². The molecule has 0 saturated carbocycles. The van der Waals surface area contributed by atoms with Gasteiger partial charge in [-0.2, -0.15) is 0 Å². The number of esters is 1. The fourth-order valence-corrected chi connectivity index (χ4v) is 6.62. The highest BCUT2D eigenvalue weighted by molar-refractivity contribution is 7.16. The van der Waals surface area contributed by atoms with Crippen molar-refractivity contribution < 1.29 is 14.3 Å². The number of ether oxygens (including phenoxy) is 1. The Morgan fingerprint density at radius 1 is 1.22 bits per heavy atom. The van der Waals surface area contributed by atoms with Gasteiger partial charge in [-0.1, -0.05) is 29.8 Å².